The SMILES string of the molecule is COC(=O)COc1ccc(S(=O)(=O)n2c(SC)nc3ccc(OC)cc32)cc1. The van der Waals surface area contributed by atoms with Crippen LogP contribution in [-0.4, -0.2) is 50.4 Å². The van der Waals surface area contributed by atoms with Gasteiger partial charge in [0.1, 0.15) is 11.5 Å². The Morgan fingerprint density at radius 3 is 2.39 bits per heavy atom. The molecule has 1 aromatic heterocycles. The molecule has 10 heteroatoms. The lowest BCUT2D eigenvalue weighted by Crippen LogP contribution is -2.14. The maximum Gasteiger partial charge on any atom is 0.343 e. The first-order valence-corrected chi connectivity index (χ1v) is 10.7. The second-order valence-corrected chi connectivity index (χ2v) is 8.12. The van der Waals surface area contributed by atoms with Gasteiger partial charge in [0.05, 0.1) is 30.1 Å². The topological polar surface area (TPSA) is 96.7 Å². The molecule has 0 amide bonds. The van der Waals surface area contributed by atoms with Crippen LogP contribution >= 0.6 is 11.8 Å². The van der Waals surface area contributed by atoms with Crippen molar-refractivity contribution < 1.29 is 27.4 Å². The highest BCUT2D eigenvalue weighted by Crippen LogP contribution is 2.30. The van der Waals surface area contributed by atoms with E-state index in [4.69, 9.17) is 9.47 Å². The molecule has 0 radical (unpaired) electrons. The Balaban J connectivity index is 2.01. The number of carbonyl (C=O) groups excluding carboxylic acids is 1. The third kappa shape index (κ3) is 3.78. The molecule has 0 unspecified atom stereocenters. The molecule has 0 saturated carbocycles. The minimum Gasteiger partial charge on any atom is -0.497 e. The summed E-state index contributed by atoms with van der Waals surface area (Å²) in [4.78, 5) is 15.6. The summed E-state index contributed by atoms with van der Waals surface area (Å²) in [5, 5.41) is 0.342. The van der Waals surface area contributed by atoms with E-state index in [0.717, 1.165) is 0 Å². The van der Waals surface area contributed by atoms with Crippen molar-refractivity contribution in [2.24, 2.45) is 0 Å². The van der Waals surface area contributed by atoms with Gasteiger partial charge in [-0.25, -0.2) is 22.2 Å². The number of hydrogen-bond donors (Lipinski definition) is 0. The molecule has 0 aliphatic rings. The lowest BCUT2D eigenvalue weighted by atomic mass is 10.3. The minimum atomic E-state index is -3.91. The lowest BCUT2D eigenvalue weighted by molar-refractivity contribution is -0.142. The van der Waals surface area contributed by atoms with Crippen LogP contribution < -0.4 is 9.47 Å². The van der Waals surface area contributed by atoms with E-state index in [0.29, 0.717) is 27.7 Å². The van der Waals surface area contributed by atoms with Crippen LogP contribution in [0.5, 0.6) is 11.5 Å². The van der Waals surface area contributed by atoms with Crippen molar-refractivity contribution in [1.29, 1.82) is 0 Å². The van der Waals surface area contributed by atoms with Crippen LogP contribution in [0.15, 0.2) is 52.5 Å². The molecule has 3 aromatic rings. The van der Waals surface area contributed by atoms with Gasteiger partial charge in [-0.15, -0.1) is 0 Å². The number of thioether (sulfide) groups is 1. The zero-order chi connectivity index (χ0) is 20.3. The number of aromatic nitrogens is 2. The van der Waals surface area contributed by atoms with Crippen molar-refractivity contribution in [3.8, 4) is 11.5 Å². The van der Waals surface area contributed by atoms with Gasteiger partial charge in [-0.2, -0.15) is 0 Å². The number of imidazole rings is 1. The molecular formula is C18H18N2O6S2. The average Bonchev–Trinajstić information content (AvgIpc) is 3.10. The maximum absolute atomic E-state index is 13.3. The molecule has 28 heavy (non-hydrogen) atoms. The Kier molecular flexibility index (Phi) is 5.80. The second-order valence-electron chi connectivity index (χ2n) is 5.56. The fourth-order valence-corrected chi connectivity index (χ4v) is 4.83. The number of benzene rings is 2. The van der Waals surface area contributed by atoms with Crippen molar-refractivity contribution in [2.45, 2.75) is 10.1 Å². The summed E-state index contributed by atoms with van der Waals surface area (Å²) in [7, 11) is -1.14. The summed E-state index contributed by atoms with van der Waals surface area (Å²) < 4.78 is 42.7. The van der Waals surface area contributed by atoms with Gasteiger partial charge < -0.3 is 14.2 Å². The predicted molar refractivity (Wildman–Crippen MR) is 105 cm³/mol. The minimum absolute atomic E-state index is 0.0651. The molecule has 0 atom stereocenters. The van der Waals surface area contributed by atoms with Crippen molar-refractivity contribution >= 4 is 38.8 Å². The summed E-state index contributed by atoms with van der Waals surface area (Å²) in [6.45, 7) is -0.259. The zero-order valence-corrected chi connectivity index (χ0v) is 17.0. The molecule has 8 nitrogen and oxygen atoms in total. The Hall–Kier alpha value is -2.72. The number of ether oxygens (including phenoxy) is 3. The Morgan fingerprint density at radius 2 is 1.79 bits per heavy atom. The van der Waals surface area contributed by atoms with Gasteiger partial charge in [-0.1, -0.05) is 11.8 Å². The average molecular weight is 422 g/mol. The van der Waals surface area contributed by atoms with Gasteiger partial charge in [-0.05, 0) is 42.7 Å². The van der Waals surface area contributed by atoms with Gasteiger partial charge in [-0.3, -0.25) is 0 Å². The lowest BCUT2D eigenvalue weighted by Gasteiger charge is -2.11. The van der Waals surface area contributed by atoms with Gasteiger partial charge >= 0.3 is 5.97 Å². The van der Waals surface area contributed by atoms with Crippen LogP contribution in [0.4, 0.5) is 0 Å². The highest BCUT2D eigenvalue weighted by molar-refractivity contribution is 7.99. The molecule has 0 bridgehead atoms. The number of fused-ring (bicyclic) bond motifs is 1. The van der Waals surface area contributed by atoms with Crippen LogP contribution in [0.3, 0.4) is 0 Å². The molecule has 0 N–H and O–H groups in total. The first-order chi connectivity index (χ1) is 13.4. The second kappa shape index (κ2) is 8.11. The standard InChI is InChI=1S/C18H18N2O6S2/c1-24-13-6-9-15-16(10-13)20(18(19-15)27-3)28(22,23)14-7-4-12(5-8-14)26-11-17(21)25-2/h4-10H,11H2,1-3H3. The van der Waals surface area contributed by atoms with Crippen LogP contribution in [0.1, 0.15) is 0 Å². The van der Waals surface area contributed by atoms with E-state index in [-0.39, 0.29) is 11.5 Å². The van der Waals surface area contributed by atoms with Crippen molar-refractivity contribution in [2.75, 3.05) is 27.1 Å². The van der Waals surface area contributed by atoms with E-state index >= 15 is 0 Å². The van der Waals surface area contributed by atoms with Crippen LogP contribution in [-0.2, 0) is 19.6 Å². The van der Waals surface area contributed by atoms with Crippen molar-refractivity contribution in [3.63, 3.8) is 0 Å². The van der Waals surface area contributed by atoms with Gasteiger partial charge in [0.15, 0.2) is 11.8 Å². The van der Waals surface area contributed by atoms with Crippen molar-refractivity contribution in [3.05, 3.63) is 42.5 Å². The van der Waals surface area contributed by atoms with Crippen molar-refractivity contribution in [1.82, 2.24) is 8.96 Å². The summed E-state index contributed by atoms with van der Waals surface area (Å²) in [5.74, 6) is 0.356. The molecule has 0 spiro atoms. The molecule has 0 aliphatic heterocycles. The molecule has 0 fully saturated rings. The van der Waals surface area contributed by atoms with E-state index in [1.807, 2.05) is 0 Å². The third-order valence-corrected chi connectivity index (χ3v) is 6.39. The number of esters is 1. The van der Waals surface area contributed by atoms with E-state index in [2.05, 4.69) is 9.72 Å². The number of rotatable bonds is 7. The highest BCUT2D eigenvalue weighted by atomic mass is 32.2. The van der Waals surface area contributed by atoms with Crippen LogP contribution in [0.25, 0.3) is 11.0 Å². The molecule has 0 aliphatic carbocycles. The fourth-order valence-electron chi connectivity index (χ4n) is 2.51. The Morgan fingerprint density at radius 1 is 1.11 bits per heavy atom. The first kappa shape index (κ1) is 20.0. The molecule has 2 aromatic carbocycles. The largest absolute Gasteiger partial charge is 0.497 e. The summed E-state index contributed by atoms with van der Waals surface area (Å²) >= 11 is 1.23. The molecule has 3 rings (SSSR count). The number of nitrogens with zero attached hydrogens (tertiary/aromatic N) is 2. The highest BCUT2D eigenvalue weighted by Gasteiger charge is 2.24. The molecule has 148 valence electrons. The van der Waals surface area contributed by atoms with E-state index in [1.54, 1.807) is 24.5 Å². The van der Waals surface area contributed by atoms with Gasteiger partial charge in [0.2, 0.25) is 0 Å². The van der Waals surface area contributed by atoms with E-state index in [9.17, 15) is 13.2 Å². The number of hydrogen-bond acceptors (Lipinski definition) is 8. The van der Waals surface area contributed by atoms with Gasteiger partial charge in [0.25, 0.3) is 10.0 Å². The number of carbonyl (C=O) groups is 1. The quantitative estimate of drug-likeness (QED) is 0.423. The first-order valence-electron chi connectivity index (χ1n) is 8.06. The van der Waals surface area contributed by atoms with Gasteiger partial charge in [0, 0.05) is 6.07 Å². The van der Waals surface area contributed by atoms with E-state index in [1.165, 1.54) is 54.2 Å². The smallest absolute Gasteiger partial charge is 0.343 e. The zero-order valence-electron chi connectivity index (χ0n) is 15.4. The van der Waals surface area contributed by atoms with E-state index < -0.39 is 16.0 Å². The van der Waals surface area contributed by atoms with Crippen LogP contribution in [0, 0.1) is 0 Å². The predicted octanol–water partition coefficient (Wildman–Crippen LogP) is 2.56. The molecular weight excluding hydrogens is 404 g/mol. The monoisotopic (exact) mass is 422 g/mol. The summed E-state index contributed by atoms with van der Waals surface area (Å²) in [6.07, 6.45) is 1.76. The molecule has 1 heterocycles. The normalized spacial score (nSPS) is 11.4. The van der Waals surface area contributed by atoms with Crippen LogP contribution in [0.2, 0.25) is 0 Å². The Labute approximate surface area is 166 Å². The summed E-state index contributed by atoms with van der Waals surface area (Å²) in [6, 6.07) is 10.9. The maximum atomic E-state index is 13.3. The molecule has 0 saturated heterocycles. The fraction of sp³-hybridized carbons (Fsp3) is 0.222. The Bertz CT molecular complexity index is 1110. The number of methoxy groups -OCH3 is 2. The third-order valence-electron chi connectivity index (χ3n) is 3.92. The summed E-state index contributed by atoms with van der Waals surface area (Å²) in [5.41, 5.74) is 0.974.